The lowest BCUT2D eigenvalue weighted by molar-refractivity contribution is -0.119. The molecule has 0 amide bonds. The van der Waals surface area contributed by atoms with Crippen molar-refractivity contribution < 1.29 is 9.36 Å². The molecule has 0 bridgehead atoms. The fourth-order valence-electron chi connectivity index (χ4n) is 4.05. The van der Waals surface area contributed by atoms with Crippen LogP contribution in [0.3, 0.4) is 0 Å². The molecule has 3 aromatic rings. The summed E-state index contributed by atoms with van der Waals surface area (Å²) in [6.07, 6.45) is 0.693. The quantitative estimate of drug-likeness (QED) is 0.576. The van der Waals surface area contributed by atoms with E-state index in [1.165, 1.54) is 0 Å². The van der Waals surface area contributed by atoms with Gasteiger partial charge in [-0.1, -0.05) is 91.0 Å². The Labute approximate surface area is 154 Å². The first-order chi connectivity index (χ1) is 12.7. The molecule has 1 saturated heterocycles. The van der Waals surface area contributed by atoms with Gasteiger partial charge in [0.25, 0.3) is 0 Å². The number of benzene rings is 3. The first-order valence-corrected chi connectivity index (χ1v) is 10.8. The van der Waals surface area contributed by atoms with Crippen molar-refractivity contribution in [1.82, 2.24) is 0 Å². The van der Waals surface area contributed by atoms with E-state index in [0.717, 1.165) is 16.4 Å². The van der Waals surface area contributed by atoms with E-state index in [2.05, 4.69) is 0 Å². The second-order valence-corrected chi connectivity index (χ2v) is 10.0. The van der Waals surface area contributed by atoms with Gasteiger partial charge < -0.3 is 4.57 Å². The Bertz CT molecular complexity index is 880. The van der Waals surface area contributed by atoms with Crippen molar-refractivity contribution in [3.63, 3.8) is 0 Å². The van der Waals surface area contributed by atoms with Crippen molar-refractivity contribution in [3.05, 3.63) is 102 Å². The van der Waals surface area contributed by atoms with Crippen LogP contribution in [0.5, 0.6) is 0 Å². The fourth-order valence-corrected chi connectivity index (χ4v) is 8.03. The molecule has 0 aliphatic carbocycles. The largest absolute Gasteiger partial charge is 0.317 e. The van der Waals surface area contributed by atoms with Crippen LogP contribution in [0.15, 0.2) is 91.0 Å². The van der Waals surface area contributed by atoms with Gasteiger partial charge in [0.2, 0.25) is 0 Å². The summed E-state index contributed by atoms with van der Waals surface area (Å²) in [5, 5.41) is 0.871. The SMILES string of the molecule is O=C1C[C@H](c2ccccc2)P(=O)(c2ccccc2)[C@@H](c2ccccc2)C1. The van der Waals surface area contributed by atoms with E-state index >= 15 is 0 Å². The maximum absolute atomic E-state index is 14.7. The van der Waals surface area contributed by atoms with Crippen LogP contribution in [-0.4, -0.2) is 5.78 Å². The number of rotatable bonds is 3. The highest BCUT2D eigenvalue weighted by Crippen LogP contribution is 2.72. The van der Waals surface area contributed by atoms with E-state index in [-0.39, 0.29) is 17.1 Å². The van der Waals surface area contributed by atoms with Gasteiger partial charge in [-0.15, -0.1) is 0 Å². The topological polar surface area (TPSA) is 34.1 Å². The molecule has 0 unspecified atom stereocenters. The molecule has 26 heavy (non-hydrogen) atoms. The molecule has 0 saturated carbocycles. The van der Waals surface area contributed by atoms with Gasteiger partial charge in [0, 0.05) is 29.5 Å². The molecule has 2 atom stereocenters. The summed E-state index contributed by atoms with van der Waals surface area (Å²) < 4.78 is 14.7. The van der Waals surface area contributed by atoms with E-state index in [1.807, 2.05) is 91.0 Å². The fraction of sp³-hybridized carbons (Fsp3) is 0.174. The molecular formula is C23H21O2P. The second-order valence-electron chi connectivity index (χ2n) is 6.84. The van der Waals surface area contributed by atoms with E-state index in [0.29, 0.717) is 12.8 Å². The van der Waals surface area contributed by atoms with Crippen LogP contribution in [0.25, 0.3) is 0 Å². The molecule has 2 nitrogen and oxygen atoms in total. The van der Waals surface area contributed by atoms with Crippen molar-refractivity contribution in [2.45, 2.75) is 24.2 Å². The van der Waals surface area contributed by atoms with Crippen molar-refractivity contribution in [2.24, 2.45) is 0 Å². The third kappa shape index (κ3) is 2.95. The highest BCUT2D eigenvalue weighted by atomic mass is 31.2. The van der Waals surface area contributed by atoms with Crippen LogP contribution < -0.4 is 5.30 Å². The summed E-state index contributed by atoms with van der Waals surface area (Å²) in [6, 6.07) is 29.5. The first-order valence-electron chi connectivity index (χ1n) is 8.96. The molecule has 1 aliphatic heterocycles. The third-order valence-electron chi connectivity index (χ3n) is 5.30. The molecule has 130 valence electrons. The Kier molecular flexibility index (Phi) is 4.61. The maximum atomic E-state index is 14.7. The minimum atomic E-state index is -2.89. The van der Waals surface area contributed by atoms with Gasteiger partial charge in [-0.3, -0.25) is 4.79 Å². The lowest BCUT2D eigenvalue weighted by Crippen LogP contribution is -2.26. The van der Waals surface area contributed by atoms with Crippen molar-refractivity contribution >= 4 is 18.2 Å². The van der Waals surface area contributed by atoms with Crippen LogP contribution in [0.2, 0.25) is 0 Å². The summed E-state index contributed by atoms with van der Waals surface area (Å²) in [5.74, 6) is 0.190. The molecule has 3 heteroatoms. The zero-order chi connectivity index (χ0) is 18.0. The Balaban J connectivity index is 1.93. The second kappa shape index (κ2) is 7.05. The number of ketones is 1. The van der Waals surface area contributed by atoms with Gasteiger partial charge in [0.05, 0.1) is 0 Å². The van der Waals surface area contributed by atoms with Crippen LogP contribution in [0.1, 0.15) is 35.3 Å². The minimum Gasteiger partial charge on any atom is -0.317 e. The zero-order valence-electron chi connectivity index (χ0n) is 14.5. The smallest absolute Gasteiger partial charge is 0.135 e. The van der Waals surface area contributed by atoms with E-state index in [1.54, 1.807) is 0 Å². The molecule has 1 fully saturated rings. The van der Waals surface area contributed by atoms with Crippen LogP contribution in [0, 0.1) is 0 Å². The molecule has 0 spiro atoms. The zero-order valence-corrected chi connectivity index (χ0v) is 15.4. The van der Waals surface area contributed by atoms with Crippen LogP contribution >= 0.6 is 7.14 Å². The number of hydrogen-bond acceptors (Lipinski definition) is 2. The lowest BCUT2D eigenvalue weighted by atomic mass is 10.0. The number of hydrogen-bond donors (Lipinski definition) is 0. The Hall–Kier alpha value is -2.44. The van der Waals surface area contributed by atoms with Crippen molar-refractivity contribution in [2.75, 3.05) is 0 Å². The average Bonchev–Trinajstić information content (AvgIpc) is 2.71. The third-order valence-corrected chi connectivity index (χ3v) is 9.22. The molecule has 0 aromatic heterocycles. The number of Topliss-reactive ketones (excluding diaryl/α,β-unsaturated/α-hetero) is 1. The van der Waals surface area contributed by atoms with E-state index < -0.39 is 7.14 Å². The van der Waals surface area contributed by atoms with E-state index in [4.69, 9.17) is 0 Å². The van der Waals surface area contributed by atoms with Crippen molar-refractivity contribution in [3.8, 4) is 0 Å². The Morgan fingerprint density at radius 3 is 1.42 bits per heavy atom. The highest BCUT2D eigenvalue weighted by molar-refractivity contribution is 7.72. The summed E-state index contributed by atoms with van der Waals surface area (Å²) in [6.45, 7) is 0. The predicted molar refractivity (Wildman–Crippen MR) is 106 cm³/mol. The average molecular weight is 360 g/mol. The summed E-state index contributed by atoms with van der Waals surface area (Å²) in [7, 11) is -2.89. The molecule has 0 N–H and O–H groups in total. The molecule has 0 radical (unpaired) electrons. The normalized spacial score (nSPS) is 22.1. The van der Waals surface area contributed by atoms with Crippen molar-refractivity contribution in [1.29, 1.82) is 0 Å². The first kappa shape index (κ1) is 17.0. The molecule has 4 rings (SSSR count). The maximum Gasteiger partial charge on any atom is 0.135 e. The van der Waals surface area contributed by atoms with Gasteiger partial charge in [-0.25, -0.2) is 0 Å². The monoisotopic (exact) mass is 360 g/mol. The number of carbonyl (C=O) groups excluding carboxylic acids is 1. The summed E-state index contributed by atoms with van der Waals surface area (Å²) in [5.41, 5.74) is 1.46. The minimum absolute atomic E-state index is 0.190. The number of carbonyl (C=O) groups is 1. The standard InChI is InChI=1S/C23H21O2P/c24-20-16-22(18-10-4-1-5-11-18)26(25,21-14-8-3-9-15-21)23(17-20)19-12-6-2-7-13-19/h1-15,22-23H,16-17H2/t22-,23-/m1/s1. The van der Waals surface area contributed by atoms with Gasteiger partial charge in [-0.05, 0) is 11.1 Å². The molecule has 1 heterocycles. The van der Waals surface area contributed by atoms with Crippen LogP contribution in [0.4, 0.5) is 0 Å². The predicted octanol–water partition coefficient (Wildman–Crippen LogP) is 5.52. The summed E-state index contributed by atoms with van der Waals surface area (Å²) in [4.78, 5) is 12.6. The van der Waals surface area contributed by atoms with Crippen LogP contribution in [-0.2, 0) is 9.36 Å². The molecule has 1 aliphatic rings. The Morgan fingerprint density at radius 2 is 1.00 bits per heavy atom. The Morgan fingerprint density at radius 1 is 0.615 bits per heavy atom. The van der Waals surface area contributed by atoms with Gasteiger partial charge in [0.1, 0.15) is 12.9 Å². The summed E-state index contributed by atoms with van der Waals surface area (Å²) >= 11 is 0. The molecule has 3 aromatic carbocycles. The van der Waals surface area contributed by atoms with E-state index in [9.17, 15) is 9.36 Å². The van der Waals surface area contributed by atoms with Gasteiger partial charge in [0.15, 0.2) is 0 Å². The van der Waals surface area contributed by atoms with Gasteiger partial charge in [-0.2, -0.15) is 0 Å². The lowest BCUT2D eigenvalue weighted by Gasteiger charge is -2.39. The van der Waals surface area contributed by atoms with Gasteiger partial charge >= 0.3 is 0 Å². The molecular weight excluding hydrogens is 339 g/mol. The highest BCUT2D eigenvalue weighted by Gasteiger charge is 2.48.